The third-order valence-corrected chi connectivity index (χ3v) is 4.52. The number of amides is 1. The van der Waals surface area contributed by atoms with Crippen LogP contribution < -0.4 is 10.7 Å². The van der Waals surface area contributed by atoms with Crippen LogP contribution in [0.2, 0.25) is 0 Å². The molecule has 29 heavy (non-hydrogen) atoms. The molecule has 0 atom stereocenters. The number of hydrogen-bond acceptors (Lipinski definition) is 5. The predicted molar refractivity (Wildman–Crippen MR) is 107 cm³/mol. The molecule has 1 amide bonds. The van der Waals surface area contributed by atoms with Gasteiger partial charge in [0.1, 0.15) is 17.1 Å². The van der Waals surface area contributed by atoms with E-state index in [-0.39, 0.29) is 28.4 Å². The molecule has 4 rings (SSSR count). The number of aromatic hydroxyl groups is 1. The van der Waals surface area contributed by atoms with Crippen LogP contribution in [0, 0.1) is 0 Å². The summed E-state index contributed by atoms with van der Waals surface area (Å²) < 4.78 is 5.79. The maximum atomic E-state index is 11.9. The summed E-state index contributed by atoms with van der Waals surface area (Å²) in [4.78, 5) is 35.2. The fourth-order valence-corrected chi connectivity index (χ4v) is 3.37. The van der Waals surface area contributed by atoms with Gasteiger partial charge in [0.15, 0.2) is 5.43 Å². The summed E-state index contributed by atoms with van der Waals surface area (Å²) in [5.74, 6) is -1.21. The number of fused-ring (bicyclic) bond motifs is 2. The number of phenols is 1. The number of carboxylic acid groups (broad SMARTS) is 1. The average molecular weight is 389 g/mol. The number of nitrogens with one attached hydrogen (secondary N) is 1. The average Bonchev–Trinajstić information content (AvgIpc) is 2.65. The number of carboxylic acids is 1. The maximum Gasteiger partial charge on any atom is 0.336 e. The minimum Gasteiger partial charge on any atom is -0.508 e. The molecule has 2 aliphatic rings. The predicted octanol–water partition coefficient (Wildman–Crippen LogP) is 3.93. The van der Waals surface area contributed by atoms with E-state index in [1.54, 1.807) is 18.2 Å². The number of phenolic OH excluding ortho intramolecular Hbond substituents is 1. The normalized spacial score (nSPS) is 10.9. The first-order valence-electron chi connectivity index (χ1n) is 8.68. The molecule has 7 heteroatoms. The minimum absolute atomic E-state index is 0.0205. The van der Waals surface area contributed by atoms with Crippen LogP contribution in [0.25, 0.3) is 33.4 Å². The van der Waals surface area contributed by atoms with Gasteiger partial charge in [-0.2, -0.15) is 0 Å². The second-order valence-corrected chi connectivity index (χ2v) is 6.56. The van der Waals surface area contributed by atoms with Gasteiger partial charge in [0, 0.05) is 41.3 Å². The van der Waals surface area contributed by atoms with E-state index in [1.165, 1.54) is 43.3 Å². The van der Waals surface area contributed by atoms with Crippen LogP contribution in [-0.2, 0) is 4.79 Å². The summed E-state index contributed by atoms with van der Waals surface area (Å²) in [6.45, 7) is 1.36. The van der Waals surface area contributed by atoms with E-state index in [9.17, 15) is 24.6 Å². The summed E-state index contributed by atoms with van der Waals surface area (Å²) in [6.07, 6.45) is 0. The molecule has 2 aromatic carbocycles. The highest BCUT2D eigenvalue weighted by atomic mass is 16.4. The number of benzene rings is 3. The molecular formula is C22H15NO6. The van der Waals surface area contributed by atoms with Crippen molar-refractivity contribution in [2.45, 2.75) is 6.92 Å². The standard InChI is InChI=1S/C22H15NO6/c1-11(24)23-12-2-5-15(22(27)28)18(8-12)21-16-6-3-13(25)9-19(16)29-20-10-14(26)4-7-17(20)21/h2-10,25H,1H3,(H,23,24)(H,27,28). The van der Waals surface area contributed by atoms with Gasteiger partial charge in [-0.3, -0.25) is 9.59 Å². The summed E-state index contributed by atoms with van der Waals surface area (Å²) in [5.41, 5.74) is 1.87. The van der Waals surface area contributed by atoms with E-state index in [4.69, 9.17) is 4.42 Å². The molecule has 0 spiro atoms. The molecule has 0 bridgehead atoms. The van der Waals surface area contributed by atoms with Gasteiger partial charge in [0.25, 0.3) is 0 Å². The summed E-state index contributed by atoms with van der Waals surface area (Å²) >= 11 is 0. The molecule has 0 aromatic heterocycles. The highest BCUT2D eigenvalue weighted by Crippen LogP contribution is 2.42. The van der Waals surface area contributed by atoms with Crippen LogP contribution in [0.5, 0.6) is 5.75 Å². The Hall–Kier alpha value is -4.13. The second kappa shape index (κ2) is 6.79. The second-order valence-electron chi connectivity index (χ2n) is 6.56. The van der Waals surface area contributed by atoms with Gasteiger partial charge in [-0.05, 0) is 48.0 Å². The quantitative estimate of drug-likeness (QED) is 0.457. The minimum atomic E-state index is -1.14. The van der Waals surface area contributed by atoms with Crippen molar-refractivity contribution in [2.75, 3.05) is 5.32 Å². The van der Waals surface area contributed by atoms with Gasteiger partial charge < -0.3 is 19.9 Å². The number of carbonyl (C=O) groups excluding carboxylic acids is 1. The van der Waals surface area contributed by atoms with Crippen LogP contribution in [-0.4, -0.2) is 22.1 Å². The monoisotopic (exact) mass is 389 g/mol. The van der Waals surface area contributed by atoms with Crippen molar-refractivity contribution in [3.63, 3.8) is 0 Å². The molecule has 0 saturated heterocycles. The number of aromatic carboxylic acids is 1. The van der Waals surface area contributed by atoms with Crippen LogP contribution in [0.15, 0.2) is 63.8 Å². The van der Waals surface area contributed by atoms with Crippen molar-refractivity contribution in [3.05, 3.63) is 70.4 Å². The zero-order valence-corrected chi connectivity index (χ0v) is 15.2. The Balaban J connectivity index is 2.15. The molecule has 0 fully saturated rings. The zero-order valence-electron chi connectivity index (χ0n) is 15.2. The lowest BCUT2D eigenvalue weighted by atomic mass is 9.90. The van der Waals surface area contributed by atoms with Gasteiger partial charge in [0.05, 0.1) is 5.56 Å². The molecular weight excluding hydrogens is 374 g/mol. The lowest BCUT2D eigenvalue weighted by molar-refractivity contribution is -0.114. The van der Waals surface area contributed by atoms with Crippen molar-refractivity contribution in [3.8, 4) is 28.2 Å². The van der Waals surface area contributed by atoms with E-state index >= 15 is 0 Å². The molecule has 3 N–H and O–H groups in total. The molecule has 1 heterocycles. The topological polar surface area (TPSA) is 117 Å². The first-order chi connectivity index (χ1) is 13.8. The van der Waals surface area contributed by atoms with E-state index in [1.807, 2.05) is 0 Å². The van der Waals surface area contributed by atoms with Gasteiger partial charge in [-0.15, -0.1) is 0 Å². The largest absolute Gasteiger partial charge is 0.508 e. The molecule has 0 radical (unpaired) electrons. The summed E-state index contributed by atoms with van der Waals surface area (Å²) in [5, 5.41) is 22.8. The first-order valence-corrected chi connectivity index (χ1v) is 8.68. The van der Waals surface area contributed by atoms with Gasteiger partial charge in [-0.1, -0.05) is 0 Å². The molecule has 0 unspecified atom stereocenters. The molecule has 1 aliphatic carbocycles. The third-order valence-electron chi connectivity index (χ3n) is 4.52. The molecule has 2 aromatic rings. The Kier molecular flexibility index (Phi) is 4.27. The molecule has 0 saturated carbocycles. The number of anilines is 1. The van der Waals surface area contributed by atoms with Crippen molar-refractivity contribution in [2.24, 2.45) is 0 Å². The van der Waals surface area contributed by atoms with Crippen molar-refractivity contribution in [1.29, 1.82) is 0 Å². The molecule has 1 aliphatic heterocycles. The first kappa shape index (κ1) is 18.2. The fourth-order valence-electron chi connectivity index (χ4n) is 3.37. The Morgan fingerprint density at radius 3 is 2.48 bits per heavy atom. The van der Waals surface area contributed by atoms with E-state index in [2.05, 4.69) is 5.32 Å². The van der Waals surface area contributed by atoms with Gasteiger partial charge >= 0.3 is 5.97 Å². The third kappa shape index (κ3) is 3.29. The van der Waals surface area contributed by atoms with Gasteiger partial charge in [-0.25, -0.2) is 4.79 Å². The molecule has 7 nitrogen and oxygen atoms in total. The van der Waals surface area contributed by atoms with E-state index in [0.29, 0.717) is 33.3 Å². The fraction of sp³-hybridized carbons (Fsp3) is 0.0455. The SMILES string of the molecule is CC(=O)Nc1ccc(C(=O)O)c(-c2c3ccc(=O)cc-3oc3cc(O)ccc23)c1. The van der Waals surface area contributed by atoms with Crippen LogP contribution in [0.3, 0.4) is 0 Å². The van der Waals surface area contributed by atoms with Crippen LogP contribution >= 0.6 is 0 Å². The van der Waals surface area contributed by atoms with Crippen LogP contribution in [0.4, 0.5) is 5.69 Å². The summed E-state index contributed by atoms with van der Waals surface area (Å²) in [7, 11) is 0. The number of hydrogen-bond donors (Lipinski definition) is 3. The van der Waals surface area contributed by atoms with Crippen molar-refractivity contribution in [1.82, 2.24) is 0 Å². The zero-order chi connectivity index (χ0) is 20.7. The Bertz CT molecular complexity index is 1320. The Morgan fingerprint density at radius 1 is 0.966 bits per heavy atom. The highest BCUT2D eigenvalue weighted by molar-refractivity contribution is 6.08. The van der Waals surface area contributed by atoms with Crippen molar-refractivity contribution >= 4 is 28.5 Å². The lowest BCUT2D eigenvalue weighted by Gasteiger charge is -2.17. The Labute approximate surface area is 164 Å². The highest BCUT2D eigenvalue weighted by Gasteiger charge is 2.22. The number of rotatable bonds is 3. The smallest absolute Gasteiger partial charge is 0.336 e. The maximum absolute atomic E-state index is 11.9. The van der Waals surface area contributed by atoms with Crippen molar-refractivity contribution < 1.29 is 24.2 Å². The van der Waals surface area contributed by atoms with E-state index < -0.39 is 5.97 Å². The molecule has 144 valence electrons. The van der Waals surface area contributed by atoms with E-state index in [0.717, 1.165) is 0 Å². The lowest BCUT2D eigenvalue weighted by Crippen LogP contribution is -2.08. The summed E-state index contributed by atoms with van der Waals surface area (Å²) in [6, 6.07) is 13.2. The van der Waals surface area contributed by atoms with Crippen LogP contribution in [0.1, 0.15) is 17.3 Å². The Morgan fingerprint density at radius 2 is 1.76 bits per heavy atom. The number of carbonyl (C=O) groups is 2. The van der Waals surface area contributed by atoms with Gasteiger partial charge in [0.2, 0.25) is 5.91 Å².